The first-order valence-electron chi connectivity index (χ1n) is 11.1. The molecule has 0 saturated carbocycles. The van der Waals surface area contributed by atoms with Gasteiger partial charge in [0.2, 0.25) is 11.7 Å². The van der Waals surface area contributed by atoms with E-state index >= 15 is 0 Å². The molecule has 8 heteroatoms. The monoisotopic (exact) mass is 476 g/mol. The summed E-state index contributed by atoms with van der Waals surface area (Å²) < 4.78 is 13.0. The van der Waals surface area contributed by atoms with Crippen molar-refractivity contribution in [3.63, 3.8) is 0 Å². The van der Waals surface area contributed by atoms with Gasteiger partial charge in [-0.1, -0.05) is 50.7 Å². The van der Waals surface area contributed by atoms with E-state index in [0.717, 1.165) is 22.7 Å². The molecular formula is C26H28N4O3S. The number of furan rings is 1. The fourth-order valence-corrected chi connectivity index (χ4v) is 4.33. The molecule has 0 radical (unpaired) electrons. The van der Waals surface area contributed by atoms with Crippen LogP contribution in [0.15, 0.2) is 76.5 Å². The van der Waals surface area contributed by atoms with Gasteiger partial charge in [-0.05, 0) is 60.4 Å². The van der Waals surface area contributed by atoms with Crippen molar-refractivity contribution in [3.8, 4) is 23.0 Å². The van der Waals surface area contributed by atoms with E-state index in [1.165, 1.54) is 11.8 Å². The molecule has 0 spiro atoms. The van der Waals surface area contributed by atoms with Gasteiger partial charge in [-0.3, -0.25) is 9.36 Å². The lowest BCUT2D eigenvalue weighted by atomic mass is 9.86. The number of nitrogens with one attached hydrogen (secondary N) is 1. The lowest BCUT2D eigenvalue weighted by Gasteiger charge is -2.23. The van der Waals surface area contributed by atoms with E-state index in [-0.39, 0.29) is 17.1 Å². The summed E-state index contributed by atoms with van der Waals surface area (Å²) in [6.07, 6.45) is 1.60. The van der Waals surface area contributed by atoms with Gasteiger partial charge >= 0.3 is 0 Å². The van der Waals surface area contributed by atoms with Crippen LogP contribution in [0.5, 0.6) is 5.75 Å². The average Bonchev–Trinajstić information content (AvgIpc) is 3.48. The van der Waals surface area contributed by atoms with Crippen LogP contribution in [0.25, 0.3) is 17.3 Å². The molecule has 34 heavy (non-hydrogen) atoms. The van der Waals surface area contributed by atoms with Crippen LogP contribution < -0.4 is 10.1 Å². The molecule has 2 aromatic heterocycles. The Balaban J connectivity index is 1.56. The SMILES string of the molecule is CCOc1ccc(-n2c(SCC(=O)Nc3ccccc3C(C)(C)C)nnc2-c2ccco2)cc1. The number of anilines is 1. The molecule has 0 unspecified atom stereocenters. The van der Waals surface area contributed by atoms with Crippen LogP contribution in [-0.4, -0.2) is 33.0 Å². The van der Waals surface area contributed by atoms with Crippen LogP contribution in [0.4, 0.5) is 5.69 Å². The molecule has 0 aliphatic heterocycles. The van der Waals surface area contributed by atoms with Gasteiger partial charge in [0.05, 0.1) is 24.3 Å². The Morgan fingerprint density at radius 2 is 1.82 bits per heavy atom. The zero-order valence-electron chi connectivity index (χ0n) is 19.7. The minimum atomic E-state index is -0.109. The topological polar surface area (TPSA) is 82.2 Å². The molecule has 2 aromatic carbocycles. The Bertz CT molecular complexity index is 1240. The highest BCUT2D eigenvalue weighted by atomic mass is 32.2. The largest absolute Gasteiger partial charge is 0.494 e. The standard InChI is InChI=1S/C26H28N4O3S/c1-5-32-19-14-12-18(13-15-19)30-24(22-11-8-16-33-22)28-29-25(30)34-17-23(31)27-21-10-7-6-9-20(21)26(2,3)4/h6-16H,5,17H2,1-4H3,(H,27,31). The van der Waals surface area contributed by atoms with Gasteiger partial charge in [-0.15, -0.1) is 10.2 Å². The third-order valence-corrected chi connectivity index (χ3v) is 6.05. The van der Waals surface area contributed by atoms with Crippen molar-refractivity contribution >= 4 is 23.4 Å². The van der Waals surface area contributed by atoms with Crippen molar-refractivity contribution < 1.29 is 13.9 Å². The summed E-state index contributed by atoms with van der Waals surface area (Å²) in [5, 5.41) is 12.3. The molecular weight excluding hydrogens is 448 g/mol. The highest BCUT2D eigenvalue weighted by Crippen LogP contribution is 2.31. The van der Waals surface area contributed by atoms with E-state index in [0.29, 0.717) is 23.3 Å². The first-order chi connectivity index (χ1) is 16.4. The maximum atomic E-state index is 12.8. The predicted octanol–water partition coefficient (Wildman–Crippen LogP) is 5.95. The molecule has 4 aromatic rings. The number of nitrogens with zero attached hydrogens (tertiary/aromatic N) is 3. The number of amides is 1. The van der Waals surface area contributed by atoms with Gasteiger partial charge in [-0.2, -0.15) is 0 Å². The van der Waals surface area contributed by atoms with E-state index in [1.807, 2.05) is 66.1 Å². The summed E-state index contributed by atoms with van der Waals surface area (Å²) >= 11 is 1.32. The maximum absolute atomic E-state index is 12.8. The zero-order valence-corrected chi connectivity index (χ0v) is 20.6. The summed E-state index contributed by atoms with van der Waals surface area (Å²) in [5.41, 5.74) is 2.68. The van der Waals surface area contributed by atoms with Crippen LogP contribution in [-0.2, 0) is 10.2 Å². The molecule has 0 aliphatic carbocycles. The number of hydrogen-bond donors (Lipinski definition) is 1. The Kier molecular flexibility index (Phi) is 7.07. The Labute approximate surface area is 203 Å². The molecule has 0 saturated heterocycles. The van der Waals surface area contributed by atoms with Gasteiger partial charge in [0.1, 0.15) is 5.75 Å². The highest BCUT2D eigenvalue weighted by Gasteiger charge is 2.21. The number of ether oxygens (including phenoxy) is 1. The van der Waals surface area contributed by atoms with Crippen molar-refractivity contribution in [1.29, 1.82) is 0 Å². The second kappa shape index (κ2) is 10.2. The number of benzene rings is 2. The van der Waals surface area contributed by atoms with Crippen molar-refractivity contribution in [2.45, 2.75) is 38.3 Å². The van der Waals surface area contributed by atoms with Crippen LogP contribution in [0.2, 0.25) is 0 Å². The molecule has 0 aliphatic rings. The van der Waals surface area contributed by atoms with E-state index in [1.54, 1.807) is 12.3 Å². The van der Waals surface area contributed by atoms with Gasteiger partial charge in [-0.25, -0.2) is 0 Å². The Morgan fingerprint density at radius 3 is 2.50 bits per heavy atom. The lowest BCUT2D eigenvalue weighted by molar-refractivity contribution is -0.113. The van der Waals surface area contributed by atoms with Gasteiger partial charge in [0, 0.05) is 5.69 Å². The number of carbonyl (C=O) groups excluding carboxylic acids is 1. The summed E-state index contributed by atoms with van der Waals surface area (Å²) in [4.78, 5) is 12.8. The molecule has 0 atom stereocenters. The van der Waals surface area contributed by atoms with Crippen LogP contribution in [0, 0.1) is 0 Å². The number of aromatic nitrogens is 3. The summed E-state index contributed by atoms with van der Waals surface area (Å²) in [7, 11) is 0. The molecule has 1 N–H and O–H groups in total. The maximum Gasteiger partial charge on any atom is 0.234 e. The van der Waals surface area contributed by atoms with Crippen molar-refractivity contribution in [3.05, 3.63) is 72.5 Å². The second-order valence-electron chi connectivity index (χ2n) is 8.68. The molecule has 176 valence electrons. The Hall–Kier alpha value is -3.52. The van der Waals surface area contributed by atoms with Gasteiger partial charge in [0.15, 0.2) is 10.9 Å². The van der Waals surface area contributed by atoms with E-state index in [2.05, 4.69) is 36.3 Å². The lowest BCUT2D eigenvalue weighted by Crippen LogP contribution is -2.20. The number of hydrogen-bond acceptors (Lipinski definition) is 6. The Morgan fingerprint density at radius 1 is 1.06 bits per heavy atom. The van der Waals surface area contributed by atoms with Crippen LogP contribution >= 0.6 is 11.8 Å². The normalized spacial score (nSPS) is 11.4. The molecule has 0 fully saturated rings. The summed E-state index contributed by atoms with van der Waals surface area (Å²) in [6.45, 7) is 8.92. The molecule has 7 nitrogen and oxygen atoms in total. The van der Waals surface area contributed by atoms with Crippen LogP contribution in [0.3, 0.4) is 0 Å². The number of thioether (sulfide) groups is 1. The molecule has 4 rings (SSSR count). The number of rotatable bonds is 8. The third-order valence-electron chi connectivity index (χ3n) is 5.12. The first kappa shape index (κ1) is 23.6. The van der Waals surface area contributed by atoms with E-state index in [4.69, 9.17) is 9.15 Å². The van der Waals surface area contributed by atoms with E-state index in [9.17, 15) is 4.79 Å². The predicted molar refractivity (Wildman–Crippen MR) is 135 cm³/mol. The van der Waals surface area contributed by atoms with Crippen LogP contribution in [0.1, 0.15) is 33.3 Å². The number of para-hydroxylation sites is 1. The van der Waals surface area contributed by atoms with Crippen molar-refractivity contribution in [1.82, 2.24) is 14.8 Å². The molecule has 2 heterocycles. The summed E-state index contributed by atoms with van der Waals surface area (Å²) in [6, 6.07) is 19.2. The fourth-order valence-electron chi connectivity index (χ4n) is 3.58. The molecule has 1 amide bonds. The average molecular weight is 477 g/mol. The summed E-state index contributed by atoms with van der Waals surface area (Å²) in [5.74, 6) is 2.02. The second-order valence-corrected chi connectivity index (χ2v) is 9.62. The quantitative estimate of drug-likeness (QED) is 0.316. The van der Waals surface area contributed by atoms with Gasteiger partial charge in [0.25, 0.3) is 0 Å². The third kappa shape index (κ3) is 5.34. The fraction of sp³-hybridized carbons (Fsp3) is 0.269. The van der Waals surface area contributed by atoms with Gasteiger partial charge < -0.3 is 14.5 Å². The van der Waals surface area contributed by atoms with E-state index < -0.39 is 0 Å². The number of carbonyl (C=O) groups is 1. The minimum Gasteiger partial charge on any atom is -0.494 e. The zero-order chi connectivity index (χ0) is 24.1. The minimum absolute atomic E-state index is 0.0806. The first-order valence-corrected chi connectivity index (χ1v) is 12.1. The van der Waals surface area contributed by atoms with Crippen molar-refractivity contribution in [2.75, 3.05) is 17.7 Å². The molecule has 0 bridgehead atoms. The van der Waals surface area contributed by atoms with Crippen molar-refractivity contribution in [2.24, 2.45) is 0 Å². The highest BCUT2D eigenvalue weighted by molar-refractivity contribution is 7.99. The smallest absolute Gasteiger partial charge is 0.234 e.